The molecule has 0 unspecified atom stereocenters. The maximum absolute atomic E-state index is 6.21. The van der Waals surface area contributed by atoms with Gasteiger partial charge in [0.15, 0.2) is 11.5 Å². The molecule has 0 atom stereocenters. The van der Waals surface area contributed by atoms with Crippen LogP contribution in [0.15, 0.2) is 11.4 Å². The van der Waals surface area contributed by atoms with Crippen LogP contribution in [-0.4, -0.2) is 15.0 Å². The van der Waals surface area contributed by atoms with Gasteiger partial charge < -0.3 is 4.98 Å². The van der Waals surface area contributed by atoms with E-state index in [1.54, 1.807) is 6.07 Å². The lowest BCUT2D eigenvalue weighted by atomic mass is 10.3. The fourth-order valence-electron chi connectivity index (χ4n) is 1.59. The molecule has 0 saturated carbocycles. The number of aryl methyl sites for hydroxylation is 1. The third-order valence-corrected chi connectivity index (χ3v) is 4.87. The average Bonchev–Trinajstić information content (AvgIpc) is 2.85. The smallest absolute Gasteiger partial charge is 0.179 e. The van der Waals surface area contributed by atoms with Gasteiger partial charge in [0, 0.05) is 0 Å². The maximum atomic E-state index is 6.21. The van der Waals surface area contributed by atoms with Crippen molar-refractivity contribution in [1.29, 1.82) is 0 Å². The predicted octanol–water partition coefficient (Wildman–Crippen LogP) is 4.96. The number of pyridine rings is 1. The monoisotopic (exact) mass is 317 g/mol. The number of fused-ring (bicyclic) bond motifs is 1. The second-order valence-corrected chi connectivity index (χ2v) is 5.80. The first-order valence-electron chi connectivity index (χ1n) is 5.02. The van der Waals surface area contributed by atoms with E-state index < -0.39 is 0 Å². The molecule has 0 aliphatic heterocycles. The highest BCUT2D eigenvalue weighted by Gasteiger charge is 2.14. The number of rotatable bonds is 1. The molecule has 0 bridgehead atoms. The van der Waals surface area contributed by atoms with E-state index in [-0.39, 0.29) is 5.15 Å². The van der Waals surface area contributed by atoms with Crippen LogP contribution in [0, 0.1) is 6.92 Å². The minimum Gasteiger partial charge on any atom is -0.336 e. The van der Waals surface area contributed by atoms with Crippen molar-refractivity contribution >= 4 is 57.3 Å². The summed E-state index contributed by atoms with van der Waals surface area (Å²) in [7, 11) is 0. The van der Waals surface area contributed by atoms with Gasteiger partial charge in [-0.1, -0.05) is 34.8 Å². The number of halogens is 3. The number of nitrogens with one attached hydrogen (secondary N) is 1. The first-order valence-corrected chi connectivity index (χ1v) is 7.03. The Bertz CT molecular complexity index is 708. The zero-order chi connectivity index (χ0) is 12.9. The van der Waals surface area contributed by atoms with Gasteiger partial charge in [-0.25, -0.2) is 9.97 Å². The first kappa shape index (κ1) is 12.2. The van der Waals surface area contributed by atoms with E-state index in [9.17, 15) is 0 Å². The van der Waals surface area contributed by atoms with Crippen molar-refractivity contribution in [1.82, 2.24) is 15.0 Å². The van der Waals surface area contributed by atoms with Crippen molar-refractivity contribution in [2.75, 3.05) is 0 Å². The summed E-state index contributed by atoms with van der Waals surface area (Å²) in [5.41, 5.74) is 2.30. The van der Waals surface area contributed by atoms with Gasteiger partial charge in [-0.3, -0.25) is 0 Å². The Labute approximate surface area is 122 Å². The zero-order valence-electron chi connectivity index (χ0n) is 9.09. The van der Waals surface area contributed by atoms with Crippen LogP contribution in [0.1, 0.15) is 5.56 Å². The molecule has 7 heteroatoms. The highest BCUT2D eigenvalue weighted by Crippen LogP contribution is 2.36. The summed E-state index contributed by atoms with van der Waals surface area (Å²) >= 11 is 19.5. The third kappa shape index (κ3) is 1.89. The fourth-order valence-corrected chi connectivity index (χ4v) is 3.11. The zero-order valence-corrected chi connectivity index (χ0v) is 12.2. The second-order valence-electron chi connectivity index (χ2n) is 3.78. The second kappa shape index (κ2) is 4.38. The molecule has 18 heavy (non-hydrogen) atoms. The van der Waals surface area contributed by atoms with Crippen molar-refractivity contribution in [3.63, 3.8) is 0 Å². The Balaban J connectivity index is 2.22. The minimum absolute atomic E-state index is 0.246. The van der Waals surface area contributed by atoms with Crippen LogP contribution in [0.25, 0.3) is 21.9 Å². The molecule has 3 nitrogen and oxygen atoms in total. The molecule has 0 spiro atoms. The summed E-state index contributed by atoms with van der Waals surface area (Å²) in [6.07, 6.45) is 0. The molecule has 3 heterocycles. The lowest BCUT2D eigenvalue weighted by Crippen LogP contribution is -1.79. The normalized spacial score (nSPS) is 11.3. The minimum atomic E-state index is 0.246. The van der Waals surface area contributed by atoms with E-state index in [1.165, 1.54) is 11.3 Å². The lowest BCUT2D eigenvalue weighted by Gasteiger charge is -1.92. The molecular formula is C11H6Cl3N3S. The van der Waals surface area contributed by atoms with Crippen LogP contribution >= 0.6 is 46.1 Å². The van der Waals surface area contributed by atoms with Gasteiger partial charge in [0.2, 0.25) is 0 Å². The number of hydrogen-bond acceptors (Lipinski definition) is 3. The summed E-state index contributed by atoms with van der Waals surface area (Å²) in [5, 5.41) is 3.33. The quantitative estimate of drug-likeness (QED) is 0.645. The number of aromatic nitrogens is 3. The molecular weight excluding hydrogens is 313 g/mol. The average molecular weight is 319 g/mol. The van der Waals surface area contributed by atoms with Crippen LogP contribution in [-0.2, 0) is 0 Å². The van der Waals surface area contributed by atoms with Crippen LogP contribution in [0.3, 0.4) is 0 Å². The molecule has 3 aromatic heterocycles. The maximum Gasteiger partial charge on any atom is 0.179 e. The van der Waals surface area contributed by atoms with E-state index in [2.05, 4.69) is 15.0 Å². The molecule has 0 radical (unpaired) electrons. The van der Waals surface area contributed by atoms with E-state index in [0.29, 0.717) is 21.5 Å². The van der Waals surface area contributed by atoms with Crippen molar-refractivity contribution in [2.45, 2.75) is 6.92 Å². The van der Waals surface area contributed by atoms with Gasteiger partial charge in [-0.05, 0) is 23.9 Å². The highest BCUT2D eigenvalue weighted by molar-refractivity contribution is 7.14. The van der Waals surface area contributed by atoms with E-state index in [1.807, 2.05) is 12.3 Å². The molecule has 92 valence electrons. The van der Waals surface area contributed by atoms with Crippen LogP contribution in [0.4, 0.5) is 0 Å². The summed E-state index contributed by atoms with van der Waals surface area (Å²) < 4.78 is 0. The summed E-state index contributed by atoms with van der Waals surface area (Å²) in [6, 6.07) is 1.71. The Morgan fingerprint density at radius 2 is 2.00 bits per heavy atom. The van der Waals surface area contributed by atoms with Crippen molar-refractivity contribution in [2.24, 2.45) is 0 Å². The van der Waals surface area contributed by atoms with E-state index in [0.717, 1.165) is 16.0 Å². The first-order chi connectivity index (χ1) is 8.56. The molecule has 0 saturated heterocycles. The number of nitrogens with zero attached hydrogens (tertiary/aromatic N) is 2. The SMILES string of the molecule is Cc1csc(-c2nc3nc(Cl)c(Cl)cc3[nH]2)c1Cl. The Kier molecular flexibility index (Phi) is 2.98. The number of aromatic amines is 1. The summed E-state index contributed by atoms with van der Waals surface area (Å²) in [6.45, 7) is 1.96. The lowest BCUT2D eigenvalue weighted by molar-refractivity contribution is 1.31. The van der Waals surface area contributed by atoms with Gasteiger partial charge in [-0.2, -0.15) is 0 Å². The van der Waals surface area contributed by atoms with E-state index >= 15 is 0 Å². The van der Waals surface area contributed by atoms with Gasteiger partial charge in [0.05, 0.1) is 20.4 Å². The third-order valence-electron chi connectivity index (χ3n) is 2.50. The topological polar surface area (TPSA) is 41.6 Å². The van der Waals surface area contributed by atoms with Crippen molar-refractivity contribution < 1.29 is 0 Å². The molecule has 0 aromatic carbocycles. The molecule has 0 fully saturated rings. The predicted molar refractivity (Wildman–Crippen MR) is 77.0 cm³/mol. The molecule has 1 N–H and O–H groups in total. The number of thiophene rings is 1. The molecule has 0 aliphatic rings. The molecule has 0 aliphatic carbocycles. The van der Waals surface area contributed by atoms with Crippen LogP contribution < -0.4 is 0 Å². The largest absolute Gasteiger partial charge is 0.336 e. The van der Waals surface area contributed by atoms with Gasteiger partial charge in [0.1, 0.15) is 5.15 Å². The number of imidazole rings is 1. The van der Waals surface area contributed by atoms with E-state index in [4.69, 9.17) is 34.8 Å². The van der Waals surface area contributed by atoms with Crippen molar-refractivity contribution in [3.8, 4) is 10.7 Å². The van der Waals surface area contributed by atoms with Gasteiger partial charge >= 0.3 is 0 Å². The van der Waals surface area contributed by atoms with Gasteiger partial charge in [0.25, 0.3) is 0 Å². The standard InChI is InChI=1S/C11H6Cl3N3S/c1-4-3-18-8(7(4)13)11-15-6-2-5(12)9(14)16-10(6)17-11/h2-3H,1H3,(H,15,16,17). The van der Waals surface area contributed by atoms with Crippen LogP contribution in [0.2, 0.25) is 15.2 Å². The number of hydrogen-bond donors (Lipinski definition) is 1. The fraction of sp³-hybridized carbons (Fsp3) is 0.0909. The highest BCUT2D eigenvalue weighted by atomic mass is 35.5. The summed E-state index contributed by atoms with van der Waals surface area (Å²) in [5.74, 6) is 0.680. The molecule has 3 rings (SSSR count). The number of H-pyrrole nitrogens is 1. The van der Waals surface area contributed by atoms with Crippen molar-refractivity contribution in [3.05, 3.63) is 32.2 Å². The Morgan fingerprint density at radius 3 is 2.67 bits per heavy atom. The molecule has 0 amide bonds. The Morgan fingerprint density at radius 1 is 1.22 bits per heavy atom. The van der Waals surface area contributed by atoms with Crippen LogP contribution in [0.5, 0.6) is 0 Å². The molecule has 3 aromatic rings. The van der Waals surface area contributed by atoms with Gasteiger partial charge in [-0.15, -0.1) is 11.3 Å². The summed E-state index contributed by atoms with van der Waals surface area (Å²) in [4.78, 5) is 12.5. The Hall–Kier alpha value is -0.810.